The molecule has 0 bridgehead atoms. The molecule has 0 aromatic carbocycles. The average molecular weight is 213 g/mol. The maximum absolute atomic E-state index is 11.7. The summed E-state index contributed by atoms with van der Waals surface area (Å²) in [5, 5.41) is 2.72. The van der Waals surface area contributed by atoms with E-state index < -0.39 is 5.91 Å². The van der Waals surface area contributed by atoms with E-state index in [1.807, 2.05) is 0 Å². The zero-order valence-corrected chi connectivity index (χ0v) is 8.87. The van der Waals surface area contributed by atoms with Crippen LogP contribution < -0.4 is 16.8 Å². The average Bonchev–Trinajstić information content (AvgIpc) is 2.64. The molecule has 0 heterocycles. The minimum Gasteiger partial charge on any atom is -0.370 e. The lowest BCUT2D eigenvalue weighted by Gasteiger charge is -2.16. The molecule has 0 aromatic heterocycles. The van der Waals surface area contributed by atoms with Crippen molar-refractivity contribution in [3.05, 3.63) is 0 Å². The quantitative estimate of drug-likeness (QED) is 0.566. The predicted octanol–water partition coefficient (Wildman–Crippen LogP) is -0.647. The first-order chi connectivity index (χ1) is 7.15. The van der Waals surface area contributed by atoms with Crippen LogP contribution in [0.1, 0.15) is 25.7 Å². The Morgan fingerprint density at radius 2 is 2.07 bits per heavy atom. The molecule has 1 saturated carbocycles. The fourth-order valence-electron chi connectivity index (χ4n) is 2.10. The molecule has 1 rings (SSSR count). The molecule has 1 aliphatic rings. The van der Waals surface area contributed by atoms with E-state index in [2.05, 4.69) is 5.32 Å². The van der Waals surface area contributed by atoms with Gasteiger partial charge in [-0.1, -0.05) is 6.42 Å². The maximum Gasteiger partial charge on any atom is 0.223 e. The maximum atomic E-state index is 11.7. The van der Waals surface area contributed by atoms with Gasteiger partial charge in [-0.15, -0.1) is 0 Å². The Morgan fingerprint density at radius 1 is 1.33 bits per heavy atom. The number of rotatable bonds is 5. The van der Waals surface area contributed by atoms with Gasteiger partial charge in [0.25, 0.3) is 0 Å². The number of carbonyl (C=O) groups is 2. The summed E-state index contributed by atoms with van der Waals surface area (Å²) in [4.78, 5) is 22.2. The summed E-state index contributed by atoms with van der Waals surface area (Å²) in [5.41, 5.74) is 10.6. The Balaban J connectivity index is 2.29. The molecule has 0 saturated heterocycles. The van der Waals surface area contributed by atoms with E-state index in [-0.39, 0.29) is 18.2 Å². The number of carbonyl (C=O) groups excluding carboxylic acids is 2. The van der Waals surface area contributed by atoms with Crippen molar-refractivity contribution < 1.29 is 9.59 Å². The minimum atomic E-state index is -0.392. The molecular formula is C10H19N3O2. The highest BCUT2D eigenvalue weighted by Crippen LogP contribution is 2.30. The molecule has 1 aliphatic carbocycles. The molecular weight excluding hydrogens is 194 g/mol. The van der Waals surface area contributed by atoms with E-state index in [4.69, 9.17) is 11.5 Å². The van der Waals surface area contributed by atoms with E-state index >= 15 is 0 Å². The lowest BCUT2D eigenvalue weighted by molar-refractivity contribution is -0.126. The highest BCUT2D eigenvalue weighted by atomic mass is 16.2. The normalized spacial score (nSPS) is 25.1. The first kappa shape index (κ1) is 12.0. The summed E-state index contributed by atoms with van der Waals surface area (Å²) >= 11 is 0. The van der Waals surface area contributed by atoms with Crippen LogP contribution in [-0.4, -0.2) is 24.9 Å². The molecule has 0 aromatic rings. The Labute approximate surface area is 89.6 Å². The molecule has 5 nitrogen and oxygen atoms in total. The molecule has 2 atom stereocenters. The van der Waals surface area contributed by atoms with Gasteiger partial charge < -0.3 is 16.8 Å². The van der Waals surface area contributed by atoms with Crippen LogP contribution in [0.2, 0.25) is 0 Å². The third kappa shape index (κ3) is 3.51. The summed E-state index contributed by atoms with van der Waals surface area (Å²) in [6, 6.07) is 0. The molecule has 15 heavy (non-hydrogen) atoms. The van der Waals surface area contributed by atoms with Crippen LogP contribution in [-0.2, 0) is 9.59 Å². The lowest BCUT2D eigenvalue weighted by Crippen LogP contribution is -2.36. The van der Waals surface area contributed by atoms with Crippen molar-refractivity contribution in [2.75, 3.05) is 13.1 Å². The van der Waals surface area contributed by atoms with Gasteiger partial charge in [0.1, 0.15) is 0 Å². The van der Waals surface area contributed by atoms with E-state index in [1.165, 1.54) is 0 Å². The summed E-state index contributed by atoms with van der Waals surface area (Å²) < 4.78 is 0. The van der Waals surface area contributed by atoms with Gasteiger partial charge in [0.05, 0.1) is 0 Å². The fraction of sp³-hybridized carbons (Fsp3) is 0.800. The van der Waals surface area contributed by atoms with Crippen molar-refractivity contribution in [3.63, 3.8) is 0 Å². The van der Waals surface area contributed by atoms with E-state index in [0.29, 0.717) is 19.0 Å². The van der Waals surface area contributed by atoms with Crippen molar-refractivity contribution in [2.45, 2.75) is 25.7 Å². The van der Waals surface area contributed by atoms with Gasteiger partial charge in [-0.2, -0.15) is 0 Å². The lowest BCUT2D eigenvalue weighted by atomic mass is 9.95. The molecule has 1 fully saturated rings. The number of hydrogen-bond acceptors (Lipinski definition) is 3. The minimum absolute atomic E-state index is 0.0178. The van der Waals surface area contributed by atoms with Crippen molar-refractivity contribution in [3.8, 4) is 0 Å². The summed E-state index contributed by atoms with van der Waals surface area (Å²) in [5.74, 6) is -0.0391. The molecule has 5 N–H and O–H groups in total. The fourth-order valence-corrected chi connectivity index (χ4v) is 2.10. The molecule has 2 unspecified atom stereocenters. The monoisotopic (exact) mass is 213 g/mol. The van der Waals surface area contributed by atoms with E-state index in [1.54, 1.807) is 0 Å². The number of amides is 2. The van der Waals surface area contributed by atoms with Crippen LogP contribution in [0.4, 0.5) is 0 Å². The number of primary amides is 1. The van der Waals surface area contributed by atoms with Crippen LogP contribution in [0.5, 0.6) is 0 Å². The first-order valence-corrected chi connectivity index (χ1v) is 5.41. The second-order valence-corrected chi connectivity index (χ2v) is 4.04. The third-order valence-corrected chi connectivity index (χ3v) is 2.97. The van der Waals surface area contributed by atoms with Crippen LogP contribution in [0, 0.1) is 11.8 Å². The Bertz CT molecular complexity index is 243. The van der Waals surface area contributed by atoms with Crippen molar-refractivity contribution in [2.24, 2.45) is 23.3 Å². The second kappa shape index (κ2) is 5.70. The SMILES string of the molecule is NCC1CCCC1C(=O)NCCC(N)=O. The van der Waals surface area contributed by atoms with Crippen LogP contribution in [0.15, 0.2) is 0 Å². The molecule has 0 aliphatic heterocycles. The second-order valence-electron chi connectivity index (χ2n) is 4.04. The highest BCUT2D eigenvalue weighted by Gasteiger charge is 2.31. The van der Waals surface area contributed by atoms with Crippen LogP contribution >= 0.6 is 0 Å². The summed E-state index contributed by atoms with van der Waals surface area (Å²) in [6.07, 6.45) is 3.20. The smallest absolute Gasteiger partial charge is 0.223 e. The van der Waals surface area contributed by atoms with Gasteiger partial charge in [0.15, 0.2) is 0 Å². The van der Waals surface area contributed by atoms with Gasteiger partial charge in [-0.05, 0) is 25.3 Å². The highest BCUT2D eigenvalue weighted by molar-refractivity contribution is 5.80. The molecule has 0 radical (unpaired) electrons. The Kier molecular flexibility index (Phi) is 4.55. The van der Waals surface area contributed by atoms with Crippen LogP contribution in [0.25, 0.3) is 0 Å². The zero-order valence-electron chi connectivity index (χ0n) is 8.87. The zero-order chi connectivity index (χ0) is 11.3. The topological polar surface area (TPSA) is 98.2 Å². The number of hydrogen-bond donors (Lipinski definition) is 3. The standard InChI is InChI=1S/C10H19N3O2/c11-6-7-2-1-3-8(7)10(15)13-5-4-9(12)14/h7-8H,1-6,11H2,(H2,12,14)(H,13,15). The Morgan fingerprint density at radius 3 is 2.67 bits per heavy atom. The molecule has 2 amide bonds. The number of nitrogens with one attached hydrogen (secondary N) is 1. The molecule has 0 spiro atoms. The van der Waals surface area contributed by atoms with Crippen molar-refractivity contribution >= 4 is 11.8 Å². The van der Waals surface area contributed by atoms with Crippen LogP contribution in [0.3, 0.4) is 0 Å². The Hall–Kier alpha value is -1.10. The van der Waals surface area contributed by atoms with Crippen molar-refractivity contribution in [1.29, 1.82) is 0 Å². The van der Waals surface area contributed by atoms with Gasteiger partial charge in [0.2, 0.25) is 11.8 Å². The van der Waals surface area contributed by atoms with Gasteiger partial charge in [0, 0.05) is 18.9 Å². The third-order valence-electron chi connectivity index (χ3n) is 2.97. The van der Waals surface area contributed by atoms with E-state index in [9.17, 15) is 9.59 Å². The molecule has 5 heteroatoms. The van der Waals surface area contributed by atoms with Gasteiger partial charge >= 0.3 is 0 Å². The summed E-state index contributed by atoms with van der Waals surface area (Å²) in [6.45, 7) is 0.899. The first-order valence-electron chi connectivity index (χ1n) is 5.41. The number of nitrogens with two attached hydrogens (primary N) is 2. The van der Waals surface area contributed by atoms with Crippen molar-refractivity contribution in [1.82, 2.24) is 5.32 Å². The largest absolute Gasteiger partial charge is 0.370 e. The summed E-state index contributed by atoms with van der Waals surface area (Å²) in [7, 11) is 0. The predicted molar refractivity (Wildman–Crippen MR) is 56.7 cm³/mol. The van der Waals surface area contributed by atoms with Gasteiger partial charge in [-0.3, -0.25) is 9.59 Å². The van der Waals surface area contributed by atoms with Gasteiger partial charge in [-0.25, -0.2) is 0 Å². The molecule has 86 valence electrons. The van der Waals surface area contributed by atoms with E-state index in [0.717, 1.165) is 19.3 Å².